The average molecular weight is 265 g/mol. The summed E-state index contributed by atoms with van der Waals surface area (Å²) in [5.74, 6) is -5.00. The van der Waals surface area contributed by atoms with Gasteiger partial charge < -0.3 is 26.2 Å². The summed E-state index contributed by atoms with van der Waals surface area (Å²) in [4.78, 5) is 39.6. The number of Topliss-reactive ketones (excluding diaryl/α,β-unsaturated/α-hetero) is 1. The standard InChI is InChI=1S/C5H6O5.C4H9NO3/c6-3(5(9)10)1-2-4(7)8;1-2(6)3(5)4(7)8/h1-2H2,(H,7,8)(H,9,10);2-3,6H,5H2,1H3,(H,7,8). The molecule has 0 aromatic heterocycles. The fourth-order valence-electron chi connectivity index (χ4n) is 0.534. The van der Waals surface area contributed by atoms with Crippen LogP contribution in [0.3, 0.4) is 0 Å². The molecule has 0 saturated heterocycles. The summed E-state index contributed by atoms with van der Waals surface area (Å²) in [7, 11) is 0. The Hall–Kier alpha value is -2.00. The molecule has 104 valence electrons. The zero-order valence-electron chi connectivity index (χ0n) is 9.57. The molecule has 0 amide bonds. The van der Waals surface area contributed by atoms with Gasteiger partial charge in [0.25, 0.3) is 0 Å². The summed E-state index contributed by atoms with van der Waals surface area (Å²) < 4.78 is 0. The molecule has 9 nitrogen and oxygen atoms in total. The van der Waals surface area contributed by atoms with Gasteiger partial charge in [-0.05, 0) is 6.92 Å². The Morgan fingerprint density at radius 1 is 1.06 bits per heavy atom. The zero-order valence-corrected chi connectivity index (χ0v) is 9.57. The first-order chi connectivity index (χ1) is 8.09. The van der Waals surface area contributed by atoms with Crippen molar-refractivity contribution in [2.75, 3.05) is 0 Å². The maximum absolute atomic E-state index is 10.2. The smallest absolute Gasteiger partial charge is 0.372 e. The van der Waals surface area contributed by atoms with Gasteiger partial charge in [-0.25, -0.2) is 4.79 Å². The van der Waals surface area contributed by atoms with Crippen molar-refractivity contribution >= 4 is 23.7 Å². The molecule has 0 heterocycles. The van der Waals surface area contributed by atoms with Gasteiger partial charge in [-0.3, -0.25) is 14.4 Å². The van der Waals surface area contributed by atoms with Crippen LogP contribution in [0.15, 0.2) is 0 Å². The maximum atomic E-state index is 10.2. The van der Waals surface area contributed by atoms with Gasteiger partial charge in [0.2, 0.25) is 5.78 Å². The number of rotatable bonds is 6. The third kappa shape index (κ3) is 10.5. The third-order valence-electron chi connectivity index (χ3n) is 1.61. The Morgan fingerprint density at radius 2 is 1.50 bits per heavy atom. The van der Waals surface area contributed by atoms with Crippen LogP contribution in [0.2, 0.25) is 0 Å². The number of hydrogen-bond acceptors (Lipinski definition) is 6. The quantitative estimate of drug-likeness (QED) is 0.350. The molecular formula is C9H15NO8. The van der Waals surface area contributed by atoms with Crippen molar-refractivity contribution in [1.82, 2.24) is 0 Å². The number of carboxylic acids is 3. The van der Waals surface area contributed by atoms with E-state index in [0.717, 1.165) is 0 Å². The summed E-state index contributed by atoms with van der Waals surface area (Å²) in [6, 6.07) is -1.16. The van der Waals surface area contributed by atoms with Gasteiger partial charge in [0.1, 0.15) is 6.04 Å². The molecule has 0 aromatic carbocycles. The van der Waals surface area contributed by atoms with E-state index >= 15 is 0 Å². The van der Waals surface area contributed by atoms with Gasteiger partial charge in [0, 0.05) is 6.42 Å². The average Bonchev–Trinajstić information content (AvgIpc) is 2.24. The van der Waals surface area contributed by atoms with E-state index in [-0.39, 0.29) is 0 Å². The van der Waals surface area contributed by atoms with E-state index < -0.39 is 48.7 Å². The summed E-state index contributed by atoms with van der Waals surface area (Å²) in [5.41, 5.74) is 4.91. The van der Waals surface area contributed by atoms with Crippen molar-refractivity contribution < 1.29 is 39.6 Å². The fraction of sp³-hybridized carbons (Fsp3) is 0.556. The summed E-state index contributed by atoms with van der Waals surface area (Å²) in [6.45, 7) is 1.33. The molecule has 9 heteroatoms. The maximum Gasteiger partial charge on any atom is 0.372 e. The highest BCUT2D eigenvalue weighted by atomic mass is 16.4. The second-order valence-corrected chi connectivity index (χ2v) is 3.23. The molecule has 0 aliphatic rings. The molecule has 0 aromatic rings. The summed E-state index contributed by atoms with van der Waals surface area (Å²) in [5, 5.41) is 32.5. The monoisotopic (exact) mass is 265 g/mol. The molecular weight excluding hydrogens is 250 g/mol. The number of carboxylic acid groups (broad SMARTS) is 3. The Morgan fingerprint density at radius 3 is 1.67 bits per heavy atom. The first-order valence-electron chi connectivity index (χ1n) is 4.74. The Balaban J connectivity index is 0. The van der Waals surface area contributed by atoms with Crippen molar-refractivity contribution in [1.29, 1.82) is 0 Å². The third-order valence-corrected chi connectivity index (χ3v) is 1.61. The number of ketones is 1. The lowest BCUT2D eigenvalue weighted by Crippen LogP contribution is -2.39. The molecule has 6 N–H and O–H groups in total. The minimum absolute atomic E-state index is 0.425. The van der Waals surface area contributed by atoms with E-state index in [4.69, 9.17) is 26.2 Å². The first kappa shape index (κ1) is 18.4. The number of aliphatic hydroxyl groups excluding tert-OH is 1. The molecule has 2 unspecified atom stereocenters. The lowest BCUT2D eigenvalue weighted by molar-refractivity contribution is -0.149. The molecule has 0 aliphatic heterocycles. The van der Waals surface area contributed by atoms with E-state index in [1.54, 1.807) is 0 Å². The van der Waals surface area contributed by atoms with Crippen LogP contribution in [0.1, 0.15) is 19.8 Å². The number of hydrogen-bond donors (Lipinski definition) is 5. The second kappa shape index (κ2) is 9.07. The van der Waals surface area contributed by atoms with Crippen LogP contribution >= 0.6 is 0 Å². The molecule has 0 rings (SSSR count). The van der Waals surface area contributed by atoms with Crippen molar-refractivity contribution in [2.24, 2.45) is 5.73 Å². The van der Waals surface area contributed by atoms with Gasteiger partial charge in [0.05, 0.1) is 12.5 Å². The van der Waals surface area contributed by atoms with E-state index in [1.165, 1.54) is 6.92 Å². The van der Waals surface area contributed by atoms with Crippen molar-refractivity contribution in [2.45, 2.75) is 31.9 Å². The molecule has 0 bridgehead atoms. The van der Waals surface area contributed by atoms with Crippen LogP contribution in [0.5, 0.6) is 0 Å². The lowest BCUT2D eigenvalue weighted by atomic mass is 10.2. The van der Waals surface area contributed by atoms with E-state index in [9.17, 15) is 19.2 Å². The summed E-state index contributed by atoms with van der Waals surface area (Å²) >= 11 is 0. The van der Waals surface area contributed by atoms with Crippen LogP contribution in [-0.2, 0) is 19.2 Å². The zero-order chi connectivity index (χ0) is 14.9. The minimum Gasteiger partial charge on any atom is -0.481 e. The molecule has 18 heavy (non-hydrogen) atoms. The van der Waals surface area contributed by atoms with Gasteiger partial charge in [-0.15, -0.1) is 0 Å². The number of aliphatic carboxylic acids is 3. The van der Waals surface area contributed by atoms with Crippen LogP contribution in [0.4, 0.5) is 0 Å². The van der Waals surface area contributed by atoms with Crippen LogP contribution in [0, 0.1) is 0 Å². The number of carbonyl (C=O) groups is 4. The van der Waals surface area contributed by atoms with Crippen LogP contribution in [-0.4, -0.2) is 56.3 Å². The highest BCUT2D eigenvalue weighted by Crippen LogP contribution is 1.90. The van der Waals surface area contributed by atoms with Gasteiger partial charge >= 0.3 is 17.9 Å². The Labute approximate surface area is 102 Å². The van der Waals surface area contributed by atoms with Crippen LogP contribution in [0.25, 0.3) is 0 Å². The van der Waals surface area contributed by atoms with Crippen molar-refractivity contribution in [3.05, 3.63) is 0 Å². The highest BCUT2D eigenvalue weighted by Gasteiger charge is 2.16. The van der Waals surface area contributed by atoms with E-state index in [2.05, 4.69) is 0 Å². The fourth-order valence-corrected chi connectivity index (χ4v) is 0.534. The van der Waals surface area contributed by atoms with Gasteiger partial charge in [0.15, 0.2) is 0 Å². The predicted octanol–water partition coefficient (Wildman–Crippen LogP) is -1.72. The summed E-state index contributed by atoms with van der Waals surface area (Å²) in [6.07, 6.45) is -1.84. The van der Waals surface area contributed by atoms with Crippen LogP contribution < -0.4 is 5.73 Å². The first-order valence-corrected chi connectivity index (χ1v) is 4.74. The number of nitrogens with two attached hydrogens (primary N) is 1. The molecule has 0 fully saturated rings. The Bertz CT molecular complexity index is 325. The molecule has 2 atom stereocenters. The topological polar surface area (TPSA) is 175 Å². The minimum atomic E-state index is -1.58. The van der Waals surface area contributed by atoms with Gasteiger partial charge in [-0.1, -0.05) is 0 Å². The molecule has 0 radical (unpaired) electrons. The van der Waals surface area contributed by atoms with E-state index in [1.807, 2.05) is 0 Å². The Kier molecular flexibility index (Phi) is 9.26. The van der Waals surface area contributed by atoms with E-state index in [0.29, 0.717) is 0 Å². The molecule has 0 saturated carbocycles. The second-order valence-electron chi connectivity index (χ2n) is 3.23. The van der Waals surface area contributed by atoms with Gasteiger partial charge in [-0.2, -0.15) is 0 Å². The largest absolute Gasteiger partial charge is 0.481 e. The predicted molar refractivity (Wildman–Crippen MR) is 56.8 cm³/mol. The number of carbonyl (C=O) groups excluding carboxylic acids is 1. The lowest BCUT2D eigenvalue weighted by Gasteiger charge is -2.06. The van der Waals surface area contributed by atoms with Crippen molar-refractivity contribution in [3.8, 4) is 0 Å². The SMILES string of the molecule is CC(O)C(N)C(=O)O.O=C(O)CCC(=O)C(=O)O. The highest BCUT2D eigenvalue weighted by molar-refractivity contribution is 6.32. The van der Waals surface area contributed by atoms with Crippen molar-refractivity contribution in [3.63, 3.8) is 0 Å². The molecule has 0 spiro atoms. The molecule has 0 aliphatic carbocycles. The number of aliphatic hydroxyl groups is 1. The normalized spacial score (nSPS) is 12.6.